The highest BCUT2D eigenvalue weighted by Crippen LogP contribution is 2.30. The Bertz CT molecular complexity index is 566. The lowest BCUT2D eigenvalue weighted by atomic mass is 10.1. The molecule has 1 N–H and O–H groups in total. The van der Waals surface area contributed by atoms with Crippen LogP contribution in [0.2, 0.25) is 0 Å². The molecule has 2 atom stereocenters. The molecule has 1 aromatic carbocycles. The average molecular weight is 270 g/mol. The van der Waals surface area contributed by atoms with Crippen LogP contribution in [0.1, 0.15) is 19.3 Å². The zero-order chi connectivity index (χ0) is 13.4. The lowest BCUT2D eigenvalue weighted by Gasteiger charge is -2.22. The topological polar surface area (TPSA) is 54.2 Å². The van der Waals surface area contributed by atoms with E-state index in [0.29, 0.717) is 11.9 Å². The van der Waals surface area contributed by atoms with Crippen molar-refractivity contribution < 1.29 is 4.42 Å². The van der Waals surface area contributed by atoms with E-state index in [1.54, 1.807) is 0 Å². The van der Waals surface area contributed by atoms with Crippen LogP contribution in [0.4, 0.5) is 5.69 Å². The molecular formula is C15H18N4O. The van der Waals surface area contributed by atoms with Gasteiger partial charge in [-0.2, -0.15) is 0 Å². The van der Waals surface area contributed by atoms with Gasteiger partial charge >= 0.3 is 0 Å². The van der Waals surface area contributed by atoms with E-state index in [0.717, 1.165) is 11.6 Å². The normalized spacial score (nSPS) is 25.8. The molecule has 2 aliphatic rings. The molecule has 1 aromatic heterocycles. The van der Waals surface area contributed by atoms with Crippen LogP contribution >= 0.6 is 0 Å². The Morgan fingerprint density at radius 2 is 2.05 bits per heavy atom. The molecule has 2 fully saturated rings. The van der Waals surface area contributed by atoms with Gasteiger partial charge in [-0.25, -0.2) is 0 Å². The zero-order valence-corrected chi connectivity index (χ0v) is 11.3. The summed E-state index contributed by atoms with van der Waals surface area (Å²) in [5.41, 5.74) is 2.13. The summed E-state index contributed by atoms with van der Waals surface area (Å²) in [6.45, 7) is 2.52. The maximum atomic E-state index is 5.20. The van der Waals surface area contributed by atoms with Crippen molar-refractivity contribution >= 4 is 5.69 Å². The number of anilines is 1. The van der Waals surface area contributed by atoms with Crippen molar-refractivity contribution in [2.75, 3.05) is 18.4 Å². The lowest BCUT2D eigenvalue weighted by molar-refractivity contribution is 0.318. The van der Waals surface area contributed by atoms with E-state index in [1.165, 1.54) is 44.4 Å². The third-order valence-corrected chi connectivity index (χ3v) is 4.45. The molecule has 2 unspecified atom stereocenters. The van der Waals surface area contributed by atoms with Gasteiger partial charge in [0.2, 0.25) is 12.3 Å². The second-order valence-electron chi connectivity index (χ2n) is 5.61. The van der Waals surface area contributed by atoms with Crippen LogP contribution in [0.5, 0.6) is 0 Å². The van der Waals surface area contributed by atoms with E-state index >= 15 is 0 Å². The first-order chi connectivity index (χ1) is 9.90. The van der Waals surface area contributed by atoms with Crippen LogP contribution in [0.15, 0.2) is 35.1 Å². The van der Waals surface area contributed by atoms with Crippen molar-refractivity contribution in [3.8, 4) is 11.5 Å². The molecule has 5 heteroatoms. The quantitative estimate of drug-likeness (QED) is 0.928. The molecule has 0 aliphatic carbocycles. The van der Waals surface area contributed by atoms with E-state index in [9.17, 15) is 0 Å². The summed E-state index contributed by atoms with van der Waals surface area (Å²) in [5.74, 6) is 0.569. The zero-order valence-electron chi connectivity index (χ0n) is 11.3. The van der Waals surface area contributed by atoms with Gasteiger partial charge in [0.05, 0.1) is 0 Å². The number of nitrogens with one attached hydrogen (secondary N) is 1. The summed E-state index contributed by atoms with van der Waals surface area (Å²) in [6, 6.07) is 9.56. The monoisotopic (exact) mass is 270 g/mol. The second kappa shape index (κ2) is 4.90. The molecule has 2 aliphatic heterocycles. The molecule has 0 radical (unpaired) electrons. The molecule has 0 amide bonds. The number of fused-ring (bicyclic) bond motifs is 1. The maximum absolute atomic E-state index is 5.20. The summed E-state index contributed by atoms with van der Waals surface area (Å²) in [4.78, 5) is 2.62. The molecule has 3 heterocycles. The molecule has 104 valence electrons. The predicted molar refractivity (Wildman–Crippen MR) is 76.4 cm³/mol. The fourth-order valence-corrected chi connectivity index (χ4v) is 3.47. The van der Waals surface area contributed by atoms with Crippen molar-refractivity contribution in [2.45, 2.75) is 31.3 Å². The summed E-state index contributed by atoms with van der Waals surface area (Å²) in [6.07, 6.45) is 5.28. The van der Waals surface area contributed by atoms with Gasteiger partial charge in [-0.15, -0.1) is 10.2 Å². The van der Waals surface area contributed by atoms with Crippen LogP contribution in [-0.2, 0) is 0 Å². The SMILES string of the molecule is c1nnc(-c2ccc(NC3CCN4CCCC34)cc2)o1. The Labute approximate surface area is 118 Å². The van der Waals surface area contributed by atoms with Gasteiger partial charge in [-0.05, 0) is 50.1 Å². The molecule has 5 nitrogen and oxygen atoms in total. The van der Waals surface area contributed by atoms with Gasteiger partial charge < -0.3 is 9.73 Å². The minimum atomic E-state index is 0.569. The first kappa shape index (κ1) is 11.9. The third-order valence-electron chi connectivity index (χ3n) is 4.45. The standard InChI is InChI=1S/C15H18N4O/c1-2-14-13(7-9-19(14)8-1)17-12-5-3-11(4-6-12)15-18-16-10-20-15/h3-6,10,13-14,17H,1-2,7-9H2. The van der Waals surface area contributed by atoms with E-state index in [-0.39, 0.29) is 0 Å². The van der Waals surface area contributed by atoms with Crippen LogP contribution in [0, 0.1) is 0 Å². The molecule has 0 saturated carbocycles. The van der Waals surface area contributed by atoms with E-state index in [2.05, 4.69) is 32.5 Å². The second-order valence-corrected chi connectivity index (χ2v) is 5.61. The predicted octanol–water partition coefficient (Wildman–Crippen LogP) is 2.39. The van der Waals surface area contributed by atoms with Gasteiger partial charge in [0.25, 0.3) is 0 Å². The Kier molecular flexibility index (Phi) is 2.92. The van der Waals surface area contributed by atoms with Crippen molar-refractivity contribution in [1.29, 1.82) is 0 Å². The van der Waals surface area contributed by atoms with Gasteiger partial charge in [0.15, 0.2) is 0 Å². The van der Waals surface area contributed by atoms with Gasteiger partial charge in [0, 0.05) is 29.9 Å². The Hall–Kier alpha value is -1.88. The van der Waals surface area contributed by atoms with Crippen LogP contribution in [0.3, 0.4) is 0 Å². The number of aromatic nitrogens is 2. The highest BCUT2D eigenvalue weighted by Gasteiger charge is 2.36. The van der Waals surface area contributed by atoms with Crippen molar-refractivity contribution in [3.63, 3.8) is 0 Å². The number of hydrogen-bond donors (Lipinski definition) is 1. The number of nitrogens with zero attached hydrogens (tertiary/aromatic N) is 3. The smallest absolute Gasteiger partial charge is 0.247 e. The molecular weight excluding hydrogens is 252 g/mol. The fraction of sp³-hybridized carbons (Fsp3) is 0.467. The van der Waals surface area contributed by atoms with Crippen LogP contribution < -0.4 is 5.32 Å². The minimum absolute atomic E-state index is 0.569. The van der Waals surface area contributed by atoms with E-state index in [1.807, 2.05) is 12.1 Å². The van der Waals surface area contributed by atoms with Crippen molar-refractivity contribution in [2.24, 2.45) is 0 Å². The Morgan fingerprint density at radius 3 is 2.85 bits per heavy atom. The van der Waals surface area contributed by atoms with Gasteiger partial charge in [0.1, 0.15) is 0 Å². The largest absolute Gasteiger partial charge is 0.423 e. The van der Waals surface area contributed by atoms with E-state index < -0.39 is 0 Å². The van der Waals surface area contributed by atoms with Crippen LogP contribution in [0.25, 0.3) is 11.5 Å². The molecule has 0 bridgehead atoms. The molecule has 2 saturated heterocycles. The van der Waals surface area contributed by atoms with Crippen molar-refractivity contribution in [1.82, 2.24) is 15.1 Å². The van der Waals surface area contributed by atoms with Crippen molar-refractivity contribution in [3.05, 3.63) is 30.7 Å². The molecule has 0 spiro atoms. The molecule has 20 heavy (non-hydrogen) atoms. The first-order valence-electron chi connectivity index (χ1n) is 7.27. The Morgan fingerprint density at radius 1 is 1.15 bits per heavy atom. The highest BCUT2D eigenvalue weighted by molar-refractivity contribution is 5.58. The summed E-state index contributed by atoms with van der Waals surface area (Å²) in [7, 11) is 0. The highest BCUT2D eigenvalue weighted by atomic mass is 16.4. The Balaban J connectivity index is 1.47. The summed E-state index contributed by atoms with van der Waals surface area (Å²) < 4.78 is 5.20. The fourth-order valence-electron chi connectivity index (χ4n) is 3.47. The number of hydrogen-bond acceptors (Lipinski definition) is 5. The lowest BCUT2D eigenvalue weighted by Crippen LogP contribution is -2.33. The van der Waals surface area contributed by atoms with Gasteiger partial charge in [-0.3, -0.25) is 4.90 Å². The summed E-state index contributed by atoms with van der Waals surface area (Å²) in [5, 5.41) is 11.3. The number of benzene rings is 1. The maximum Gasteiger partial charge on any atom is 0.247 e. The minimum Gasteiger partial charge on any atom is -0.423 e. The average Bonchev–Trinajstić information content (AvgIpc) is 3.18. The first-order valence-corrected chi connectivity index (χ1v) is 7.27. The molecule has 4 rings (SSSR count). The third kappa shape index (κ3) is 2.08. The van der Waals surface area contributed by atoms with Crippen LogP contribution in [-0.4, -0.2) is 40.3 Å². The van der Waals surface area contributed by atoms with E-state index in [4.69, 9.17) is 4.42 Å². The summed E-state index contributed by atoms with van der Waals surface area (Å²) >= 11 is 0. The number of rotatable bonds is 3. The van der Waals surface area contributed by atoms with Gasteiger partial charge in [-0.1, -0.05) is 0 Å². The molecule has 2 aromatic rings.